The lowest BCUT2D eigenvalue weighted by atomic mass is 10.1. The molecular weight excluding hydrogens is 258 g/mol. The van der Waals surface area contributed by atoms with Crippen molar-refractivity contribution in [1.29, 1.82) is 0 Å². The van der Waals surface area contributed by atoms with Gasteiger partial charge in [-0.2, -0.15) is 0 Å². The number of imidazole rings is 1. The van der Waals surface area contributed by atoms with Crippen molar-refractivity contribution < 1.29 is 0 Å². The first-order chi connectivity index (χ1) is 10.1. The average molecular weight is 279 g/mol. The molecule has 21 heavy (non-hydrogen) atoms. The molecule has 0 aliphatic carbocycles. The summed E-state index contributed by atoms with van der Waals surface area (Å²) in [6.45, 7) is 8.19. The van der Waals surface area contributed by atoms with Gasteiger partial charge >= 0.3 is 0 Å². The van der Waals surface area contributed by atoms with Crippen LogP contribution in [0.3, 0.4) is 0 Å². The van der Waals surface area contributed by atoms with E-state index in [1.807, 2.05) is 6.33 Å². The molecule has 1 N–H and O–H groups in total. The number of anilines is 1. The van der Waals surface area contributed by atoms with Crippen LogP contribution in [0.1, 0.15) is 16.7 Å². The summed E-state index contributed by atoms with van der Waals surface area (Å²) in [5.41, 5.74) is 7.35. The molecule has 0 atom stereocenters. The highest BCUT2D eigenvalue weighted by Crippen LogP contribution is 2.18. The Balaban J connectivity index is 1.72. The van der Waals surface area contributed by atoms with Gasteiger partial charge in [0.2, 0.25) is 0 Å². The zero-order chi connectivity index (χ0) is 14.8. The van der Waals surface area contributed by atoms with Gasteiger partial charge in [-0.15, -0.1) is 0 Å². The summed E-state index contributed by atoms with van der Waals surface area (Å²) in [7, 11) is 0. The van der Waals surface area contributed by atoms with Crippen LogP contribution in [-0.2, 0) is 6.54 Å². The van der Waals surface area contributed by atoms with Crippen LogP contribution >= 0.6 is 0 Å². The molecule has 0 spiro atoms. The predicted octanol–water partition coefficient (Wildman–Crippen LogP) is 4.07. The molecule has 0 aliphatic rings. The minimum Gasteiger partial charge on any atom is -0.383 e. The van der Waals surface area contributed by atoms with Gasteiger partial charge in [-0.05, 0) is 61.7 Å². The van der Waals surface area contributed by atoms with E-state index in [9.17, 15) is 0 Å². The highest BCUT2D eigenvalue weighted by molar-refractivity contribution is 5.77. The second-order valence-electron chi connectivity index (χ2n) is 5.66. The van der Waals surface area contributed by atoms with Crippen molar-refractivity contribution in [3.63, 3.8) is 0 Å². The number of nitrogens with zero attached hydrogens (tertiary/aromatic N) is 2. The van der Waals surface area contributed by atoms with E-state index in [-0.39, 0.29) is 0 Å². The molecule has 3 nitrogen and oxygen atoms in total. The fraction of sp³-hybridized carbons (Fsp3) is 0.278. The van der Waals surface area contributed by atoms with Crippen molar-refractivity contribution in [3.8, 4) is 0 Å². The minimum atomic E-state index is 0.891. The van der Waals surface area contributed by atoms with E-state index in [0.717, 1.165) is 18.6 Å². The van der Waals surface area contributed by atoms with Crippen molar-refractivity contribution in [2.75, 3.05) is 11.9 Å². The Hall–Kier alpha value is -2.29. The SMILES string of the molecule is Cc1cccc(NCCn2cnc3cc(C)c(C)cc32)c1. The first-order valence-corrected chi connectivity index (χ1v) is 7.36. The van der Waals surface area contributed by atoms with E-state index >= 15 is 0 Å². The molecule has 0 saturated heterocycles. The fourth-order valence-corrected chi connectivity index (χ4v) is 2.57. The summed E-state index contributed by atoms with van der Waals surface area (Å²) < 4.78 is 2.21. The molecule has 108 valence electrons. The number of fused-ring (bicyclic) bond motifs is 1. The van der Waals surface area contributed by atoms with Gasteiger partial charge < -0.3 is 9.88 Å². The third-order valence-electron chi connectivity index (χ3n) is 3.94. The second-order valence-corrected chi connectivity index (χ2v) is 5.66. The summed E-state index contributed by atoms with van der Waals surface area (Å²) in [6.07, 6.45) is 1.93. The number of benzene rings is 2. The second kappa shape index (κ2) is 5.60. The molecule has 3 aromatic rings. The molecule has 0 fully saturated rings. The summed E-state index contributed by atoms with van der Waals surface area (Å²) >= 11 is 0. The Morgan fingerprint density at radius 2 is 1.86 bits per heavy atom. The summed E-state index contributed by atoms with van der Waals surface area (Å²) in [5, 5.41) is 3.47. The standard InChI is InChI=1S/C18H21N3/c1-13-5-4-6-16(9-13)19-7-8-21-12-20-17-10-14(2)15(3)11-18(17)21/h4-6,9-12,19H,7-8H2,1-3H3. The maximum Gasteiger partial charge on any atom is 0.0958 e. The predicted molar refractivity (Wildman–Crippen MR) is 88.9 cm³/mol. The van der Waals surface area contributed by atoms with E-state index in [2.05, 4.69) is 72.0 Å². The lowest BCUT2D eigenvalue weighted by molar-refractivity contribution is 0.748. The molecule has 0 unspecified atom stereocenters. The number of aromatic nitrogens is 2. The van der Waals surface area contributed by atoms with Crippen LogP contribution < -0.4 is 5.32 Å². The topological polar surface area (TPSA) is 29.9 Å². The molecule has 0 saturated carbocycles. The lowest BCUT2D eigenvalue weighted by Crippen LogP contribution is -2.09. The molecule has 0 radical (unpaired) electrons. The van der Waals surface area contributed by atoms with Crippen molar-refractivity contribution in [2.24, 2.45) is 0 Å². The van der Waals surface area contributed by atoms with E-state index in [1.54, 1.807) is 0 Å². The van der Waals surface area contributed by atoms with Crippen LogP contribution in [0.4, 0.5) is 5.69 Å². The highest BCUT2D eigenvalue weighted by Gasteiger charge is 2.04. The maximum absolute atomic E-state index is 4.50. The average Bonchev–Trinajstić information content (AvgIpc) is 2.82. The van der Waals surface area contributed by atoms with Crippen LogP contribution in [-0.4, -0.2) is 16.1 Å². The molecule has 3 heteroatoms. The first kappa shape index (κ1) is 13.7. The van der Waals surface area contributed by atoms with E-state index in [4.69, 9.17) is 0 Å². The molecule has 1 heterocycles. The maximum atomic E-state index is 4.50. The number of hydrogen-bond acceptors (Lipinski definition) is 2. The van der Waals surface area contributed by atoms with E-state index in [1.165, 1.54) is 27.9 Å². The number of hydrogen-bond donors (Lipinski definition) is 1. The van der Waals surface area contributed by atoms with Crippen LogP contribution in [0.25, 0.3) is 11.0 Å². The van der Waals surface area contributed by atoms with Gasteiger partial charge in [-0.25, -0.2) is 4.98 Å². The summed E-state index contributed by atoms with van der Waals surface area (Å²) in [4.78, 5) is 4.50. The smallest absolute Gasteiger partial charge is 0.0958 e. The largest absolute Gasteiger partial charge is 0.383 e. The van der Waals surface area contributed by atoms with Gasteiger partial charge in [0.1, 0.15) is 0 Å². The number of aryl methyl sites for hydroxylation is 3. The van der Waals surface area contributed by atoms with Crippen molar-refractivity contribution in [3.05, 3.63) is 59.4 Å². The van der Waals surface area contributed by atoms with Crippen LogP contribution in [0.5, 0.6) is 0 Å². The zero-order valence-electron chi connectivity index (χ0n) is 12.9. The van der Waals surface area contributed by atoms with Crippen LogP contribution in [0.2, 0.25) is 0 Å². The minimum absolute atomic E-state index is 0.891. The van der Waals surface area contributed by atoms with Gasteiger partial charge in [0.25, 0.3) is 0 Å². The Bertz CT molecular complexity index is 771. The van der Waals surface area contributed by atoms with Crippen molar-refractivity contribution >= 4 is 16.7 Å². The molecule has 0 amide bonds. The Labute approximate surface area is 125 Å². The summed E-state index contributed by atoms with van der Waals surface area (Å²) in [5.74, 6) is 0. The summed E-state index contributed by atoms with van der Waals surface area (Å²) in [6, 6.07) is 12.8. The van der Waals surface area contributed by atoms with Gasteiger partial charge in [0.15, 0.2) is 0 Å². The molecular formula is C18H21N3. The van der Waals surface area contributed by atoms with Gasteiger partial charge in [-0.1, -0.05) is 12.1 Å². The Morgan fingerprint density at radius 1 is 1.05 bits per heavy atom. The Morgan fingerprint density at radius 3 is 2.67 bits per heavy atom. The zero-order valence-corrected chi connectivity index (χ0v) is 12.9. The van der Waals surface area contributed by atoms with Crippen molar-refractivity contribution in [2.45, 2.75) is 27.3 Å². The fourth-order valence-electron chi connectivity index (χ4n) is 2.57. The molecule has 3 rings (SSSR count). The third-order valence-corrected chi connectivity index (χ3v) is 3.94. The number of rotatable bonds is 4. The third kappa shape index (κ3) is 2.92. The van der Waals surface area contributed by atoms with Gasteiger partial charge in [-0.3, -0.25) is 0 Å². The monoisotopic (exact) mass is 279 g/mol. The van der Waals surface area contributed by atoms with Crippen LogP contribution in [0, 0.1) is 20.8 Å². The van der Waals surface area contributed by atoms with Crippen LogP contribution in [0.15, 0.2) is 42.7 Å². The normalized spacial score (nSPS) is 11.0. The molecule has 0 bridgehead atoms. The number of nitrogens with one attached hydrogen (secondary N) is 1. The van der Waals surface area contributed by atoms with Gasteiger partial charge in [0.05, 0.1) is 17.4 Å². The van der Waals surface area contributed by atoms with E-state index < -0.39 is 0 Å². The quantitative estimate of drug-likeness (QED) is 0.780. The lowest BCUT2D eigenvalue weighted by Gasteiger charge is -2.09. The Kier molecular flexibility index (Phi) is 3.65. The first-order valence-electron chi connectivity index (χ1n) is 7.36. The highest BCUT2D eigenvalue weighted by atomic mass is 15.1. The molecule has 2 aromatic carbocycles. The van der Waals surface area contributed by atoms with E-state index in [0.29, 0.717) is 0 Å². The molecule has 0 aliphatic heterocycles. The van der Waals surface area contributed by atoms with Crippen molar-refractivity contribution in [1.82, 2.24) is 9.55 Å². The molecule has 1 aromatic heterocycles. The van der Waals surface area contributed by atoms with Gasteiger partial charge in [0, 0.05) is 18.8 Å².